The van der Waals surface area contributed by atoms with Crippen LogP contribution >= 0.6 is 0 Å². The average Bonchev–Trinajstić information content (AvgIpc) is 3.31. The number of alkyl halides is 6. The molecular formula is C30H33F7N4O. The first-order valence-corrected chi connectivity index (χ1v) is 13.2. The van der Waals surface area contributed by atoms with E-state index in [2.05, 4.69) is 15.6 Å². The summed E-state index contributed by atoms with van der Waals surface area (Å²) in [7, 11) is 3.48. The van der Waals surface area contributed by atoms with E-state index >= 15 is 0 Å². The predicted octanol–water partition coefficient (Wildman–Crippen LogP) is 8.49. The summed E-state index contributed by atoms with van der Waals surface area (Å²) in [5, 5.41) is 5.04. The molecule has 42 heavy (non-hydrogen) atoms. The molecular weight excluding hydrogens is 565 g/mol. The van der Waals surface area contributed by atoms with E-state index in [0.29, 0.717) is 47.4 Å². The Balaban J connectivity index is 0.00000301. The molecule has 0 fully saturated rings. The maximum Gasteiger partial charge on any atom is 0.417 e. The van der Waals surface area contributed by atoms with Crippen molar-refractivity contribution < 1.29 is 35.5 Å². The number of rotatable bonds is 9. The Morgan fingerprint density at radius 2 is 1.71 bits per heavy atom. The third-order valence-corrected chi connectivity index (χ3v) is 5.95. The zero-order valence-corrected chi connectivity index (χ0v) is 23.8. The molecule has 2 N–H and O–H groups in total. The minimum Gasteiger partial charge on any atom is -0.372 e. The van der Waals surface area contributed by atoms with Gasteiger partial charge in [-0.15, -0.1) is 0 Å². The second-order valence-corrected chi connectivity index (χ2v) is 8.87. The van der Waals surface area contributed by atoms with E-state index in [-0.39, 0.29) is 0 Å². The van der Waals surface area contributed by atoms with Crippen molar-refractivity contribution in [1.29, 1.82) is 0 Å². The van der Waals surface area contributed by atoms with Crippen molar-refractivity contribution in [3.63, 3.8) is 0 Å². The summed E-state index contributed by atoms with van der Waals surface area (Å²) in [6, 6.07) is 4.69. The van der Waals surface area contributed by atoms with Crippen LogP contribution in [0.2, 0.25) is 0 Å². The number of aromatic nitrogens is 2. The molecule has 1 amide bonds. The van der Waals surface area contributed by atoms with Crippen molar-refractivity contribution in [2.75, 3.05) is 12.4 Å². The quantitative estimate of drug-likeness (QED) is 0.192. The fourth-order valence-corrected chi connectivity index (χ4v) is 3.82. The van der Waals surface area contributed by atoms with Crippen molar-refractivity contribution in [3.8, 4) is 0 Å². The van der Waals surface area contributed by atoms with Crippen LogP contribution in [0.4, 0.5) is 36.6 Å². The average molecular weight is 599 g/mol. The van der Waals surface area contributed by atoms with Gasteiger partial charge in [-0.1, -0.05) is 45.4 Å². The van der Waals surface area contributed by atoms with Crippen molar-refractivity contribution in [1.82, 2.24) is 14.9 Å². The van der Waals surface area contributed by atoms with E-state index < -0.39 is 52.9 Å². The number of anilines is 1. The molecule has 2 aromatic carbocycles. The van der Waals surface area contributed by atoms with E-state index in [1.807, 2.05) is 20.8 Å². The highest BCUT2D eigenvalue weighted by atomic mass is 19.4. The fraction of sp³-hybridized carbons (Fsp3) is 0.333. The maximum absolute atomic E-state index is 14.1. The summed E-state index contributed by atoms with van der Waals surface area (Å²) >= 11 is 0. The van der Waals surface area contributed by atoms with Gasteiger partial charge in [0, 0.05) is 32.4 Å². The maximum atomic E-state index is 14.1. The summed E-state index contributed by atoms with van der Waals surface area (Å²) in [5.74, 6) is -1.07. The zero-order chi connectivity index (χ0) is 31.7. The lowest BCUT2D eigenvalue weighted by Gasteiger charge is -2.16. The molecule has 0 unspecified atom stereocenters. The number of carbonyl (C=O) groups excluding carboxylic acids is 1. The molecule has 0 bridgehead atoms. The number of allylic oxidation sites excluding steroid dienone is 3. The summed E-state index contributed by atoms with van der Waals surface area (Å²) in [4.78, 5) is 17.3. The van der Waals surface area contributed by atoms with E-state index in [1.54, 1.807) is 43.1 Å². The number of nitrogens with zero attached hydrogens (tertiary/aromatic N) is 2. The Labute approximate surface area is 240 Å². The second-order valence-electron chi connectivity index (χ2n) is 8.87. The molecule has 3 rings (SSSR count). The van der Waals surface area contributed by atoms with Gasteiger partial charge in [0.2, 0.25) is 0 Å². The monoisotopic (exact) mass is 598 g/mol. The number of hydrogen-bond acceptors (Lipinski definition) is 3. The van der Waals surface area contributed by atoms with E-state index in [9.17, 15) is 35.5 Å². The second kappa shape index (κ2) is 14.7. The van der Waals surface area contributed by atoms with Gasteiger partial charge in [-0.25, -0.2) is 9.37 Å². The third kappa shape index (κ3) is 8.95. The molecule has 3 aromatic rings. The lowest BCUT2D eigenvalue weighted by molar-refractivity contribution is -0.138. The largest absolute Gasteiger partial charge is 0.417 e. The van der Waals surface area contributed by atoms with Gasteiger partial charge in [-0.3, -0.25) is 4.79 Å². The number of carbonyl (C=O) groups is 1. The summed E-state index contributed by atoms with van der Waals surface area (Å²) in [6.07, 6.45) is -1.41. The van der Waals surface area contributed by atoms with E-state index in [1.165, 1.54) is 6.07 Å². The lowest BCUT2D eigenvalue weighted by atomic mass is 9.96. The standard InChI is InChI=1S/C28H27F7N4O.C2H6/c1-4-5-6-17(8-12-25-38-24(36-2)16-39(25)3)18-7-10-22(28(33,34)35)21(14-18)26(40)37-15-19-13-20(27(30,31)32)9-11-23(19)29;1-2/h6-14,16,36H,4-5,15H2,1-3H3,(H,37,40);1-2H3/b12-8-,17-6-;. The van der Waals surface area contributed by atoms with Gasteiger partial charge in [-0.2, -0.15) is 26.3 Å². The highest BCUT2D eigenvalue weighted by Crippen LogP contribution is 2.34. The Bertz CT molecular complexity index is 1420. The minimum atomic E-state index is -4.90. The van der Waals surface area contributed by atoms with Crippen LogP contribution in [0.5, 0.6) is 0 Å². The fourth-order valence-electron chi connectivity index (χ4n) is 3.82. The van der Waals surface area contributed by atoms with Crippen LogP contribution in [0.15, 0.2) is 54.7 Å². The van der Waals surface area contributed by atoms with Crippen molar-refractivity contribution >= 4 is 23.4 Å². The summed E-state index contributed by atoms with van der Waals surface area (Å²) in [6.45, 7) is 5.18. The highest BCUT2D eigenvalue weighted by Gasteiger charge is 2.35. The predicted molar refractivity (Wildman–Crippen MR) is 150 cm³/mol. The number of nitrogens with one attached hydrogen (secondary N) is 2. The number of aryl methyl sites for hydroxylation is 1. The first-order valence-electron chi connectivity index (χ1n) is 13.2. The van der Waals surface area contributed by atoms with Gasteiger partial charge in [0.1, 0.15) is 17.5 Å². The molecule has 0 aliphatic rings. The van der Waals surface area contributed by atoms with Gasteiger partial charge in [0.05, 0.1) is 16.7 Å². The Morgan fingerprint density at radius 1 is 1.02 bits per heavy atom. The number of imidazole rings is 1. The molecule has 0 radical (unpaired) electrons. The van der Waals surface area contributed by atoms with Gasteiger partial charge >= 0.3 is 12.4 Å². The number of halogens is 7. The summed E-state index contributed by atoms with van der Waals surface area (Å²) < 4.78 is 96.3. The number of benzene rings is 2. The van der Waals surface area contributed by atoms with Gasteiger partial charge in [0.25, 0.3) is 5.91 Å². The number of hydrogen-bond donors (Lipinski definition) is 2. The minimum absolute atomic E-state index is 0.302. The molecule has 0 spiro atoms. The number of unbranched alkanes of at least 4 members (excludes halogenated alkanes) is 1. The molecule has 0 saturated carbocycles. The third-order valence-electron chi connectivity index (χ3n) is 5.95. The Kier molecular flexibility index (Phi) is 11.9. The molecule has 0 atom stereocenters. The van der Waals surface area contributed by atoms with E-state index in [0.717, 1.165) is 18.6 Å². The molecule has 1 heterocycles. The molecule has 0 aliphatic carbocycles. The zero-order valence-electron chi connectivity index (χ0n) is 23.8. The molecule has 228 valence electrons. The Morgan fingerprint density at radius 3 is 2.29 bits per heavy atom. The van der Waals surface area contributed by atoms with E-state index in [4.69, 9.17) is 0 Å². The molecule has 0 aliphatic heterocycles. The van der Waals surface area contributed by atoms with Gasteiger partial charge < -0.3 is 15.2 Å². The topological polar surface area (TPSA) is 59.0 Å². The molecule has 12 heteroatoms. The van der Waals surface area contributed by atoms with Crippen LogP contribution in [0.25, 0.3) is 11.6 Å². The van der Waals surface area contributed by atoms with Gasteiger partial charge in [0.15, 0.2) is 0 Å². The molecule has 0 saturated heterocycles. The van der Waals surface area contributed by atoms with Crippen LogP contribution < -0.4 is 10.6 Å². The van der Waals surface area contributed by atoms with Crippen LogP contribution in [0.3, 0.4) is 0 Å². The van der Waals surface area contributed by atoms with Crippen molar-refractivity contribution in [2.45, 2.75) is 52.5 Å². The number of amides is 1. The van der Waals surface area contributed by atoms with Crippen LogP contribution in [-0.4, -0.2) is 22.5 Å². The van der Waals surface area contributed by atoms with Crippen molar-refractivity contribution in [3.05, 3.63) is 94.2 Å². The Hall–Kier alpha value is -4.09. The van der Waals surface area contributed by atoms with Crippen LogP contribution in [-0.2, 0) is 25.9 Å². The first kappa shape index (κ1) is 34.1. The highest BCUT2D eigenvalue weighted by molar-refractivity contribution is 5.97. The lowest BCUT2D eigenvalue weighted by Crippen LogP contribution is -2.26. The molecule has 5 nitrogen and oxygen atoms in total. The smallest absolute Gasteiger partial charge is 0.372 e. The van der Waals surface area contributed by atoms with Crippen LogP contribution in [0, 0.1) is 5.82 Å². The summed E-state index contributed by atoms with van der Waals surface area (Å²) in [5.41, 5.74) is -2.82. The van der Waals surface area contributed by atoms with Crippen molar-refractivity contribution in [2.24, 2.45) is 7.05 Å². The van der Waals surface area contributed by atoms with Crippen LogP contribution in [0.1, 0.15) is 72.0 Å². The first-order chi connectivity index (χ1) is 19.7. The van der Waals surface area contributed by atoms with Gasteiger partial charge in [-0.05, 0) is 54.0 Å². The normalized spacial score (nSPS) is 12.2. The molecule has 1 aromatic heterocycles. The SMILES string of the molecule is CC.CCC/C=C(/C=C\c1nc(NC)cn1C)c1ccc(C(F)(F)F)c(C(=O)NCc2cc(C(F)(F)F)ccc2F)c1.